The minimum Gasteiger partial charge on any atom is -0.293 e. The van der Waals surface area contributed by atoms with Crippen molar-refractivity contribution >= 4 is 38.7 Å². The van der Waals surface area contributed by atoms with Crippen molar-refractivity contribution in [3.05, 3.63) is 34.3 Å². The molecule has 0 N–H and O–H groups in total. The molecule has 0 atom stereocenters. The van der Waals surface area contributed by atoms with E-state index in [1.54, 1.807) is 11.3 Å². The van der Waals surface area contributed by atoms with Crippen LogP contribution in [-0.2, 0) is 6.42 Å². The summed E-state index contributed by atoms with van der Waals surface area (Å²) in [5, 5.41) is 2.95. The molecule has 4 rings (SSSR count). The number of nitrogens with zero attached hydrogens (tertiary/aromatic N) is 2. The van der Waals surface area contributed by atoms with Crippen molar-refractivity contribution in [1.82, 2.24) is 9.97 Å². The molecule has 0 spiro atoms. The van der Waals surface area contributed by atoms with Gasteiger partial charge in [0.1, 0.15) is 5.01 Å². The molecule has 1 aliphatic carbocycles. The third-order valence-corrected chi connectivity index (χ3v) is 5.83. The monoisotopic (exact) mass is 314 g/mol. The van der Waals surface area contributed by atoms with Crippen molar-refractivity contribution in [1.29, 1.82) is 0 Å². The molecule has 0 saturated carbocycles. The number of hydrogen-bond acceptors (Lipinski definition) is 5. The van der Waals surface area contributed by atoms with Gasteiger partial charge < -0.3 is 0 Å². The van der Waals surface area contributed by atoms with Gasteiger partial charge in [-0.3, -0.25) is 9.78 Å². The SMILES string of the molecule is CC1(C)CC(=O)c2sc(-c3cnc4ccsc4c3)nc2C1. The van der Waals surface area contributed by atoms with Gasteiger partial charge in [-0.05, 0) is 29.3 Å². The van der Waals surface area contributed by atoms with Crippen LogP contribution in [0.1, 0.15) is 35.6 Å². The van der Waals surface area contributed by atoms with Gasteiger partial charge in [0.05, 0.1) is 20.8 Å². The van der Waals surface area contributed by atoms with Crippen LogP contribution in [0.15, 0.2) is 23.7 Å². The summed E-state index contributed by atoms with van der Waals surface area (Å²) in [5.41, 5.74) is 3.01. The van der Waals surface area contributed by atoms with Gasteiger partial charge in [0.25, 0.3) is 0 Å². The molecule has 106 valence electrons. The molecule has 21 heavy (non-hydrogen) atoms. The minimum atomic E-state index is 0.0192. The van der Waals surface area contributed by atoms with Crippen molar-refractivity contribution in [3.8, 4) is 10.6 Å². The third-order valence-electron chi connectivity index (χ3n) is 3.79. The Bertz CT molecular complexity index is 860. The fourth-order valence-corrected chi connectivity index (χ4v) is 4.59. The molecule has 3 aromatic heterocycles. The minimum absolute atomic E-state index is 0.0192. The third kappa shape index (κ3) is 2.21. The van der Waals surface area contributed by atoms with Crippen molar-refractivity contribution in [2.75, 3.05) is 0 Å². The summed E-state index contributed by atoms with van der Waals surface area (Å²) in [6.07, 6.45) is 3.35. The van der Waals surface area contributed by atoms with Crippen molar-refractivity contribution < 1.29 is 4.79 Å². The first-order valence-corrected chi connectivity index (χ1v) is 8.58. The highest BCUT2D eigenvalue weighted by atomic mass is 32.1. The molecule has 0 radical (unpaired) electrons. The maximum atomic E-state index is 12.3. The van der Waals surface area contributed by atoms with E-state index in [9.17, 15) is 4.79 Å². The van der Waals surface area contributed by atoms with Crippen LogP contribution >= 0.6 is 22.7 Å². The van der Waals surface area contributed by atoms with Gasteiger partial charge in [-0.2, -0.15) is 0 Å². The number of pyridine rings is 1. The molecule has 0 unspecified atom stereocenters. The second-order valence-corrected chi connectivity index (χ2v) is 8.21. The normalized spacial score (nSPS) is 17.1. The van der Waals surface area contributed by atoms with Gasteiger partial charge in [-0.15, -0.1) is 22.7 Å². The van der Waals surface area contributed by atoms with Gasteiger partial charge >= 0.3 is 0 Å². The van der Waals surface area contributed by atoms with E-state index >= 15 is 0 Å². The van der Waals surface area contributed by atoms with Gasteiger partial charge in [0, 0.05) is 18.2 Å². The topological polar surface area (TPSA) is 42.9 Å². The van der Waals surface area contributed by atoms with Crippen LogP contribution in [0.5, 0.6) is 0 Å². The number of Topliss-reactive ketones (excluding diaryl/α,β-unsaturated/α-hetero) is 1. The van der Waals surface area contributed by atoms with E-state index in [4.69, 9.17) is 4.98 Å². The number of hydrogen-bond donors (Lipinski definition) is 0. The summed E-state index contributed by atoms with van der Waals surface area (Å²) in [6.45, 7) is 4.26. The van der Waals surface area contributed by atoms with Crippen LogP contribution in [-0.4, -0.2) is 15.8 Å². The zero-order chi connectivity index (χ0) is 14.6. The van der Waals surface area contributed by atoms with Crippen molar-refractivity contribution in [2.24, 2.45) is 5.41 Å². The summed E-state index contributed by atoms with van der Waals surface area (Å²) in [6, 6.07) is 4.13. The Hall–Kier alpha value is -1.59. The van der Waals surface area contributed by atoms with E-state index in [0.717, 1.165) is 37.8 Å². The van der Waals surface area contributed by atoms with E-state index in [1.807, 2.05) is 17.6 Å². The molecular formula is C16H14N2OS2. The van der Waals surface area contributed by atoms with Crippen LogP contribution in [0.4, 0.5) is 0 Å². The molecule has 5 heteroatoms. The number of carbonyl (C=O) groups excluding carboxylic acids is 1. The lowest BCUT2D eigenvalue weighted by Crippen LogP contribution is -2.25. The van der Waals surface area contributed by atoms with E-state index < -0.39 is 0 Å². The molecule has 0 aliphatic heterocycles. The summed E-state index contributed by atoms with van der Waals surface area (Å²) >= 11 is 3.19. The van der Waals surface area contributed by atoms with Crippen molar-refractivity contribution in [3.63, 3.8) is 0 Å². The summed E-state index contributed by atoms with van der Waals surface area (Å²) < 4.78 is 1.16. The van der Waals surface area contributed by atoms with Gasteiger partial charge in [-0.25, -0.2) is 4.98 Å². The Morgan fingerprint density at radius 2 is 2.14 bits per heavy atom. The molecular weight excluding hydrogens is 300 g/mol. The summed E-state index contributed by atoms with van der Waals surface area (Å²) in [7, 11) is 0. The maximum absolute atomic E-state index is 12.3. The van der Waals surface area contributed by atoms with Crippen LogP contribution in [0.25, 0.3) is 20.8 Å². The van der Waals surface area contributed by atoms with E-state index in [0.29, 0.717) is 6.42 Å². The summed E-state index contributed by atoms with van der Waals surface area (Å²) in [4.78, 5) is 22.3. The predicted octanol–water partition coefficient (Wildman–Crippen LogP) is 4.57. The largest absolute Gasteiger partial charge is 0.293 e. The quantitative estimate of drug-likeness (QED) is 0.660. The number of aromatic nitrogens is 2. The first kappa shape index (κ1) is 13.1. The molecule has 1 aliphatic rings. The zero-order valence-corrected chi connectivity index (χ0v) is 13.5. The highest BCUT2D eigenvalue weighted by Crippen LogP contribution is 2.39. The van der Waals surface area contributed by atoms with Crippen LogP contribution in [0, 0.1) is 5.41 Å². The Kier molecular flexibility index (Phi) is 2.78. The van der Waals surface area contributed by atoms with E-state index in [-0.39, 0.29) is 11.2 Å². The zero-order valence-electron chi connectivity index (χ0n) is 11.8. The van der Waals surface area contributed by atoms with Gasteiger partial charge in [-0.1, -0.05) is 13.8 Å². The first-order chi connectivity index (χ1) is 10.0. The van der Waals surface area contributed by atoms with Crippen LogP contribution in [0.2, 0.25) is 0 Å². The number of ketones is 1. The Labute approximate surface area is 130 Å². The fraction of sp³-hybridized carbons (Fsp3) is 0.312. The smallest absolute Gasteiger partial charge is 0.175 e. The maximum Gasteiger partial charge on any atom is 0.175 e. The molecule has 0 saturated heterocycles. The molecule has 0 aromatic carbocycles. The molecule has 0 bridgehead atoms. The highest BCUT2D eigenvalue weighted by Gasteiger charge is 2.34. The molecule has 3 nitrogen and oxygen atoms in total. The number of rotatable bonds is 1. The number of thiophene rings is 1. The lowest BCUT2D eigenvalue weighted by Gasteiger charge is -2.26. The lowest BCUT2D eigenvalue weighted by molar-refractivity contribution is 0.0916. The Morgan fingerprint density at radius 3 is 3.00 bits per heavy atom. The van der Waals surface area contributed by atoms with Crippen molar-refractivity contribution in [2.45, 2.75) is 26.7 Å². The Balaban J connectivity index is 1.82. The Morgan fingerprint density at radius 1 is 1.29 bits per heavy atom. The predicted molar refractivity (Wildman–Crippen MR) is 87.2 cm³/mol. The molecule has 0 fully saturated rings. The fourth-order valence-electron chi connectivity index (χ4n) is 2.81. The first-order valence-electron chi connectivity index (χ1n) is 6.88. The number of thiazole rings is 1. The molecule has 3 heterocycles. The van der Waals surface area contributed by atoms with Crippen LogP contribution < -0.4 is 0 Å². The summed E-state index contributed by atoms with van der Waals surface area (Å²) in [5.74, 6) is 0.232. The van der Waals surface area contributed by atoms with E-state index in [2.05, 4.69) is 24.9 Å². The average Bonchev–Trinajstić information content (AvgIpc) is 3.01. The molecule has 0 amide bonds. The van der Waals surface area contributed by atoms with Gasteiger partial charge in [0.2, 0.25) is 0 Å². The standard InChI is InChI=1S/C16H14N2OS2/c1-16(2)6-11-14(12(19)7-16)21-15(18-11)9-5-13-10(17-8-9)3-4-20-13/h3-5,8H,6-7H2,1-2H3. The number of carbonyl (C=O) groups is 1. The number of fused-ring (bicyclic) bond motifs is 2. The second kappa shape index (κ2) is 4.45. The van der Waals surface area contributed by atoms with Crippen LogP contribution in [0.3, 0.4) is 0 Å². The van der Waals surface area contributed by atoms with Gasteiger partial charge in [0.15, 0.2) is 5.78 Å². The second-order valence-electron chi connectivity index (χ2n) is 6.26. The highest BCUT2D eigenvalue weighted by molar-refractivity contribution is 7.18. The lowest BCUT2D eigenvalue weighted by atomic mass is 9.78. The van der Waals surface area contributed by atoms with E-state index in [1.165, 1.54) is 11.3 Å². The molecule has 3 aromatic rings. The average molecular weight is 314 g/mol.